The molecule has 4 heterocycles. The Morgan fingerprint density at radius 2 is 2.10 bits per heavy atom. The number of nitrogens with zero attached hydrogens (tertiary/aromatic N) is 5. The maximum Gasteiger partial charge on any atom is 0.256 e. The van der Waals surface area contributed by atoms with Crippen molar-refractivity contribution in [3.8, 4) is 5.75 Å². The molecule has 5 rings (SSSR count). The van der Waals surface area contributed by atoms with Crippen LogP contribution in [0.25, 0.3) is 16.6 Å². The summed E-state index contributed by atoms with van der Waals surface area (Å²) in [5.74, 6) is 1.95. The number of aromatic nitrogens is 4. The maximum atomic E-state index is 13.8. The zero-order chi connectivity index (χ0) is 21.5. The van der Waals surface area contributed by atoms with E-state index < -0.39 is 0 Å². The van der Waals surface area contributed by atoms with Gasteiger partial charge in [-0.2, -0.15) is 0 Å². The summed E-state index contributed by atoms with van der Waals surface area (Å²) in [6.45, 7) is 6.37. The summed E-state index contributed by atoms with van der Waals surface area (Å²) in [6, 6.07) is 11.9. The van der Waals surface area contributed by atoms with E-state index in [1.54, 1.807) is 7.11 Å². The number of aryl methyl sites for hydroxylation is 1. The lowest BCUT2D eigenvalue weighted by molar-refractivity contribution is 0.0705. The van der Waals surface area contributed by atoms with Crippen LogP contribution in [0.4, 0.5) is 0 Å². The molecule has 1 aliphatic rings. The largest absolute Gasteiger partial charge is 0.497 e. The highest BCUT2D eigenvalue weighted by atomic mass is 16.5. The molecule has 0 spiro atoms. The van der Waals surface area contributed by atoms with Gasteiger partial charge in [0.1, 0.15) is 11.6 Å². The van der Waals surface area contributed by atoms with E-state index >= 15 is 0 Å². The van der Waals surface area contributed by atoms with E-state index in [0.29, 0.717) is 6.54 Å². The van der Waals surface area contributed by atoms with Crippen molar-refractivity contribution in [2.75, 3.05) is 20.2 Å². The lowest BCUT2D eigenvalue weighted by atomic mass is 9.96. The van der Waals surface area contributed by atoms with Crippen LogP contribution >= 0.6 is 0 Å². The molecule has 0 unspecified atom stereocenters. The van der Waals surface area contributed by atoms with E-state index in [1.807, 2.05) is 58.8 Å². The van der Waals surface area contributed by atoms with Gasteiger partial charge in [0, 0.05) is 48.3 Å². The molecule has 3 aromatic heterocycles. The number of methoxy groups -OCH3 is 1. The van der Waals surface area contributed by atoms with Gasteiger partial charge in [0.2, 0.25) is 0 Å². The van der Waals surface area contributed by atoms with Gasteiger partial charge in [-0.1, -0.05) is 6.07 Å². The van der Waals surface area contributed by atoms with Crippen LogP contribution in [-0.4, -0.2) is 50.2 Å². The highest BCUT2D eigenvalue weighted by molar-refractivity contribution is 6.08. The fourth-order valence-electron chi connectivity index (χ4n) is 4.93. The first-order valence-electron chi connectivity index (χ1n) is 10.9. The predicted molar refractivity (Wildman–Crippen MR) is 120 cm³/mol. The third kappa shape index (κ3) is 3.15. The van der Waals surface area contributed by atoms with Crippen molar-refractivity contribution in [3.05, 3.63) is 59.7 Å². The Bertz CT molecular complexity index is 1270. The van der Waals surface area contributed by atoms with Crippen molar-refractivity contribution in [1.29, 1.82) is 0 Å². The number of hydrogen-bond acceptors (Lipinski definition) is 4. The van der Waals surface area contributed by atoms with Crippen molar-refractivity contribution in [3.63, 3.8) is 0 Å². The number of carbonyl (C=O) groups is 1. The third-order valence-electron chi connectivity index (χ3n) is 6.47. The summed E-state index contributed by atoms with van der Waals surface area (Å²) in [7, 11) is 1.66. The number of pyridine rings is 1. The van der Waals surface area contributed by atoms with E-state index in [2.05, 4.69) is 21.7 Å². The number of ether oxygens (including phenoxy) is 1. The molecule has 4 aromatic rings. The first-order chi connectivity index (χ1) is 15.1. The molecule has 1 atom stereocenters. The fraction of sp³-hybridized carbons (Fsp3) is 0.375. The lowest BCUT2D eigenvalue weighted by Crippen LogP contribution is -2.39. The van der Waals surface area contributed by atoms with Gasteiger partial charge in [0.25, 0.3) is 5.91 Å². The van der Waals surface area contributed by atoms with E-state index in [0.717, 1.165) is 65.3 Å². The highest BCUT2D eigenvalue weighted by Gasteiger charge is 2.31. The monoisotopic (exact) mass is 417 g/mol. The van der Waals surface area contributed by atoms with Gasteiger partial charge in [-0.15, -0.1) is 10.2 Å². The molecule has 1 aliphatic heterocycles. The van der Waals surface area contributed by atoms with Crippen LogP contribution in [0.1, 0.15) is 47.6 Å². The van der Waals surface area contributed by atoms with Gasteiger partial charge in [-0.25, -0.2) is 0 Å². The van der Waals surface area contributed by atoms with E-state index in [9.17, 15) is 4.79 Å². The van der Waals surface area contributed by atoms with Crippen LogP contribution in [0.5, 0.6) is 5.75 Å². The Morgan fingerprint density at radius 1 is 1.23 bits per heavy atom. The topological polar surface area (TPSA) is 64.7 Å². The predicted octanol–water partition coefficient (Wildman–Crippen LogP) is 4.04. The summed E-state index contributed by atoms with van der Waals surface area (Å²) in [6.07, 6.45) is 3.95. The van der Waals surface area contributed by atoms with Crippen LogP contribution in [0.2, 0.25) is 0 Å². The molecule has 0 saturated carbocycles. The zero-order valence-corrected chi connectivity index (χ0v) is 18.2. The molecule has 0 N–H and O–H groups in total. The molecule has 1 aromatic carbocycles. The maximum absolute atomic E-state index is 13.8. The zero-order valence-electron chi connectivity index (χ0n) is 18.2. The van der Waals surface area contributed by atoms with E-state index in [-0.39, 0.29) is 11.8 Å². The first kappa shape index (κ1) is 19.6. The van der Waals surface area contributed by atoms with Crippen LogP contribution in [0.3, 0.4) is 0 Å². The summed E-state index contributed by atoms with van der Waals surface area (Å²) in [4.78, 5) is 15.8. The van der Waals surface area contributed by atoms with Crippen molar-refractivity contribution < 1.29 is 9.53 Å². The van der Waals surface area contributed by atoms with Gasteiger partial charge in [-0.3, -0.25) is 9.20 Å². The van der Waals surface area contributed by atoms with Gasteiger partial charge < -0.3 is 14.2 Å². The third-order valence-corrected chi connectivity index (χ3v) is 6.47. The second kappa shape index (κ2) is 7.72. The molecule has 160 valence electrons. The standard InChI is InChI=1S/C24H27N5O2/c1-4-28-16(2)22(19-14-18(31-3)10-11-20(19)28)24(30)27-12-7-8-17(15-27)23-26-25-21-9-5-6-13-29(21)23/h5-6,9-11,13-14,17H,4,7-8,12,15H2,1-3H3/t17-/m0/s1. The SMILES string of the molecule is CCn1c(C)c(C(=O)N2CCC[C@H](c3nnc4ccccn34)C2)c2cc(OC)ccc21. The number of hydrogen-bond donors (Lipinski definition) is 0. The van der Waals surface area contributed by atoms with Crippen LogP contribution in [0.15, 0.2) is 42.6 Å². The Labute approximate surface area is 181 Å². The summed E-state index contributed by atoms with van der Waals surface area (Å²) in [5.41, 5.74) is 3.70. The molecular weight excluding hydrogens is 390 g/mol. The molecule has 1 amide bonds. The normalized spacial score (nSPS) is 16.9. The van der Waals surface area contributed by atoms with Crippen molar-refractivity contribution >= 4 is 22.5 Å². The van der Waals surface area contributed by atoms with E-state index in [1.165, 1.54) is 0 Å². The number of rotatable bonds is 4. The average molecular weight is 418 g/mol. The molecule has 0 bridgehead atoms. The summed E-state index contributed by atoms with van der Waals surface area (Å²) < 4.78 is 9.68. The van der Waals surface area contributed by atoms with Gasteiger partial charge in [0.15, 0.2) is 5.65 Å². The van der Waals surface area contributed by atoms with E-state index in [4.69, 9.17) is 4.74 Å². The Balaban J connectivity index is 1.51. The average Bonchev–Trinajstić information content (AvgIpc) is 3.36. The Hall–Kier alpha value is -3.35. The van der Waals surface area contributed by atoms with Crippen LogP contribution in [0, 0.1) is 6.92 Å². The lowest BCUT2D eigenvalue weighted by Gasteiger charge is -2.32. The minimum atomic E-state index is 0.0847. The molecule has 7 heteroatoms. The molecule has 1 fully saturated rings. The second-order valence-corrected chi connectivity index (χ2v) is 8.17. The molecule has 31 heavy (non-hydrogen) atoms. The van der Waals surface area contributed by atoms with Crippen molar-refractivity contribution in [2.24, 2.45) is 0 Å². The quantitative estimate of drug-likeness (QED) is 0.503. The minimum absolute atomic E-state index is 0.0847. The highest BCUT2D eigenvalue weighted by Crippen LogP contribution is 2.33. The number of amides is 1. The number of carbonyl (C=O) groups excluding carboxylic acids is 1. The van der Waals surface area contributed by atoms with Gasteiger partial charge in [0.05, 0.1) is 12.7 Å². The summed E-state index contributed by atoms with van der Waals surface area (Å²) >= 11 is 0. The van der Waals surface area contributed by atoms with Gasteiger partial charge >= 0.3 is 0 Å². The van der Waals surface area contributed by atoms with Crippen LogP contribution < -0.4 is 4.74 Å². The number of benzene rings is 1. The molecule has 0 radical (unpaired) electrons. The molecule has 1 saturated heterocycles. The molecule has 7 nitrogen and oxygen atoms in total. The number of likely N-dealkylation sites (tertiary alicyclic amines) is 1. The fourth-order valence-corrected chi connectivity index (χ4v) is 4.93. The second-order valence-electron chi connectivity index (χ2n) is 8.17. The van der Waals surface area contributed by atoms with Gasteiger partial charge in [-0.05, 0) is 57.0 Å². The van der Waals surface area contributed by atoms with Crippen LogP contribution in [-0.2, 0) is 6.54 Å². The minimum Gasteiger partial charge on any atom is -0.497 e. The Morgan fingerprint density at radius 3 is 2.90 bits per heavy atom. The van der Waals surface area contributed by atoms with Crippen molar-refractivity contribution in [2.45, 2.75) is 39.2 Å². The number of fused-ring (bicyclic) bond motifs is 2. The smallest absolute Gasteiger partial charge is 0.256 e. The molecular formula is C24H27N5O2. The van der Waals surface area contributed by atoms with Crippen molar-refractivity contribution in [1.82, 2.24) is 24.1 Å². The molecule has 0 aliphatic carbocycles. The number of piperidine rings is 1. The Kier molecular flexibility index (Phi) is 4.88. The summed E-state index contributed by atoms with van der Waals surface area (Å²) in [5, 5.41) is 9.71. The first-order valence-corrected chi connectivity index (χ1v) is 10.9.